The van der Waals surface area contributed by atoms with Gasteiger partial charge in [0, 0.05) is 13.1 Å². The molecule has 0 amide bonds. The van der Waals surface area contributed by atoms with Gasteiger partial charge in [-0.2, -0.15) is 4.98 Å². The Bertz CT molecular complexity index is 509. The van der Waals surface area contributed by atoms with Crippen LogP contribution in [0.1, 0.15) is 44.3 Å². The number of hydrogen-bond acceptors (Lipinski definition) is 5. The maximum Gasteiger partial charge on any atom is 0.231 e. The van der Waals surface area contributed by atoms with Crippen LogP contribution in [0, 0.1) is 6.92 Å². The first kappa shape index (κ1) is 13.5. The van der Waals surface area contributed by atoms with Crippen LogP contribution in [0.15, 0.2) is 4.52 Å². The molecule has 0 aliphatic carbocycles. The molecule has 0 saturated carbocycles. The minimum Gasteiger partial charge on any atom is -0.339 e. The van der Waals surface area contributed by atoms with Crippen molar-refractivity contribution >= 4 is 10.0 Å². The third-order valence-electron chi connectivity index (χ3n) is 3.23. The van der Waals surface area contributed by atoms with Crippen molar-refractivity contribution in [3.05, 3.63) is 11.7 Å². The van der Waals surface area contributed by atoms with Gasteiger partial charge in [-0.15, -0.1) is 0 Å². The van der Waals surface area contributed by atoms with Crippen LogP contribution in [-0.2, 0) is 10.0 Å². The Balaban J connectivity index is 2.14. The first-order valence-corrected chi connectivity index (χ1v) is 7.70. The van der Waals surface area contributed by atoms with Gasteiger partial charge in [-0.05, 0) is 33.6 Å². The second kappa shape index (κ2) is 4.97. The summed E-state index contributed by atoms with van der Waals surface area (Å²) in [7, 11) is -3.19. The summed E-state index contributed by atoms with van der Waals surface area (Å²) in [6, 6.07) is 0. The van der Waals surface area contributed by atoms with Gasteiger partial charge < -0.3 is 4.52 Å². The van der Waals surface area contributed by atoms with Gasteiger partial charge in [0.1, 0.15) is 0 Å². The predicted molar refractivity (Wildman–Crippen MR) is 66.6 cm³/mol. The molecule has 1 atom stereocenters. The molecule has 1 aliphatic rings. The summed E-state index contributed by atoms with van der Waals surface area (Å²) in [6.07, 6.45) is 1.73. The molecule has 1 aromatic rings. The van der Waals surface area contributed by atoms with Crippen LogP contribution in [0.4, 0.5) is 0 Å². The lowest BCUT2D eigenvalue weighted by molar-refractivity contribution is 0.264. The molecule has 1 fully saturated rings. The van der Waals surface area contributed by atoms with Crippen LogP contribution in [0.3, 0.4) is 0 Å². The highest BCUT2D eigenvalue weighted by atomic mass is 32.2. The Labute approximate surface area is 107 Å². The highest BCUT2D eigenvalue weighted by Crippen LogP contribution is 2.28. The summed E-state index contributed by atoms with van der Waals surface area (Å²) in [5.41, 5.74) is 0. The molecule has 1 saturated heterocycles. The van der Waals surface area contributed by atoms with Crippen LogP contribution in [0.25, 0.3) is 0 Å². The number of aromatic nitrogens is 2. The van der Waals surface area contributed by atoms with E-state index in [4.69, 9.17) is 4.52 Å². The summed E-state index contributed by atoms with van der Waals surface area (Å²) in [5.74, 6) is 1.17. The van der Waals surface area contributed by atoms with E-state index in [1.807, 2.05) is 0 Å². The summed E-state index contributed by atoms with van der Waals surface area (Å²) < 4.78 is 30.9. The minimum absolute atomic E-state index is 0.0217. The van der Waals surface area contributed by atoms with E-state index in [1.165, 1.54) is 0 Å². The third kappa shape index (κ3) is 2.56. The fraction of sp³-hybridized carbons (Fsp3) is 0.818. The molecule has 0 bridgehead atoms. The Kier molecular flexibility index (Phi) is 3.72. The molecular formula is C11H19N3O3S. The van der Waals surface area contributed by atoms with E-state index in [-0.39, 0.29) is 11.2 Å². The smallest absolute Gasteiger partial charge is 0.231 e. The lowest BCUT2D eigenvalue weighted by Gasteiger charge is -2.31. The van der Waals surface area contributed by atoms with E-state index in [2.05, 4.69) is 10.1 Å². The number of hydrogen-bond donors (Lipinski definition) is 0. The van der Waals surface area contributed by atoms with E-state index in [0.717, 1.165) is 12.8 Å². The van der Waals surface area contributed by atoms with Gasteiger partial charge in [-0.1, -0.05) is 5.16 Å². The molecule has 2 heterocycles. The lowest BCUT2D eigenvalue weighted by atomic mass is 10.00. The van der Waals surface area contributed by atoms with E-state index < -0.39 is 10.0 Å². The van der Waals surface area contributed by atoms with E-state index in [1.54, 1.807) is 25.1 Å². The monoisotopic (exact) mass is 273 g/mol. The van der Waals surface area contributed by atoms with Crippen molar-refractivity contribution in [3.63, 3.8) is 0 Å². The molecule has 18 heavy (non-hydrogen) atoms. The van der Waals surface area contributed by atoms with E-state index in [9.17, 15) is 8.42 Å². The van der Waals surface area contributed by atoms with Gasteiger partial charge in [-0.3, -0.25) is 0 Å². The molecule has 1 aromatic heterocycles. The van der Waals surface area contributed by atoms with Crippen molar-refractivity contribution in [2.45, 2.75) is 44.8 Å². The van der Waals surface area contributed by atoms with E-state index >= 15 is 0 Å². The number of piperidine rings is 1. The van der Waals surface area contributed by atoms with Crippen molar-refractivity contribution in [3.8, 4) is 0 Å². The molecule has 6 nitrogen and oxygen atoms in total. The van der Waals surface area contributed by atoms with Crippen LogP contribution in [-0.4, -0.2) is 41.2 Å². The number of aryl methyl sites for hydroxylation is 1. The molecular weight excluding hydrogens is 254 g/mol. The van der Waals surface area contributed by atoms with Gasteiger partial charge in [-0.25, -0.2) is 12.7 Å². The first-order valence-electron chi connectivity index (χ1n) is 6.20. The molecule has 0 unspecified atom stereocenters. The van der Waals surface area contributed by atoms with Gasteiger partial charge in [0.05, 0.1) is 11.2 Å². The minimum atomic E-state index is -3.19. The van der Waals surface area contributed by atoms with Gasteiger partial charge in [0.25, 0.3) is 0 Å². The zero-order chi connectivity index (χ0) is 13.3. The van der Waals surface area contributed by atoms with Crippen molar-refractivity contribution < 1.29 is 12.9 Å². The Morgan fingerprint density at radius 3 is 2.72 bits per heavy atom. The van der Waals surface area contributed by atoms with Gasteiger partial charge >= 0.3 is 0 Å². The highest BCUT2D eigenvalue weighted by Gasteiger charge is 2.33. The number of nitrogens with zero attached hydrogens (tertiary/aromatic N) is 3. The van der Waals surface area contributed by atoms with E-state index in [0.29, 0.717) is 24.8 Å². The average molecular weight is 273 g/mol. The fourth-order valence-corrected chi connectivity index (χ4v) is 3.52. The Morgan fingerprint density at radius 1 is 1.44 bits per heavy atom. The van der Waals surface area contributed by atoms with Crippen molar-refractivity contribution in [1.82, 2.24) is 14.4 Å². The normalized spacial score (nSPS) is 22.6. The lowest BCUT2D eigenvalue weighted by Crippen LogP contribution is -2.42. The molecule has 1 aliphatic heterocycles. The van der Waals surface area contributed by atoms with Crippen LogP contribution in [0.5, 0.6) is 0 Å². The summed E-state index contributed by atoms with van der Waals surface area (Å²) >= 11 is 0. The molecule has 0 aromatic carbocycles. The summed E-state index contributed by atoms with van der Waals surface area (Å²) in [5, 5.41) is 3.37. The highest BCUT2D eigenvalue weighted by molar-refractivity contribution is 7.89. The van der Waals surface area contributed by atoms with Crippen molar-refractivity contribution in [2.24, 2.45) is 0 Å². The first-order chi connectivity index (χ1) is 8.41. The van der Waals surface area contributed by atoms with Crippen molar-refractivity contribution in [2.75, 3.05) is 13.1 Å². The largest absolute Gasteiger partial charge is 0.339 e. The quantitative estimate of drug-likeness (QED) is 0.829. The standard InChI is InChI=1S/C11H19N3O3S/c1-8(2)18(15,16)14-6-4-5-10(7-14)11-12-9(3)13-17-11/h8,10H,4-7H2,1-3H3/t10-/m1/s1. The molecule has 0 radical (unpaired) electrons. The Hall–Kier alpha value is -0.950. The molecule has 0 N–H and O–H groups in total. The molecule has 102 valence electrons. The summed E-state index contributed by atoms with van der Waals surface area (Å²) in [4.78, 5) is 4.20. The third-order valence-corrected chi connectivity index (χ3v) is 5.48. The van der Waals surface area contributed by atoms with Gasteiger partial charge in [0.2, 0.25) is 15.9 Å². The van der Waals surface area contributed by atoms with Crippen LogP contribution in [0.2, 0.25) is 0 Å². The maximum atomic E-state index is 12.1. The Morgan fingerprint density at radius 2 is 2.17 bits per heavy atom. The number of sulfonamides is 1. The zero-order valence-electron chi connectivity index (χ0n) is 11.0. The molecule has 7 heteroatoms. The van der Waals surface area contributed by atoms with Crippen LogP contribution >= 0.6 is 0 Å². The van der Waals surface area contributed by atoms with Crippen LogP contribution < -0.4 is 0 Å². The topological polar surface area (TPSA) is 76.3 Å². The molecule has 2 rings (SSSR count). The second-order valence-electron chi connectivity index (χ2n) is 4.97. The maximum absolute atomic E-state index is 12.1. The van der Waals surface area contributed by atoms with Gasteiger partial charge in [0.15, 0.2) is 5.82 Å². The van der Waals surface area contributed by atoms with Crippen molar-refractivity contribution in [1.29, 1.82) is 0 Å². The average Bonchev–Trinajstić information content (AvgIpc) is 2.76. The number of rotatable bonds is 3. The zero-order valence-corrected chi connectivity index (χ0v) is 11.8. The molecule has 0 spiro atoms. The summed E-state index contributed by atoms with van der Waals surface area (Å²) in [6.45, 7) is 6.20. The fourth-order valence-electron chi connectivity index (χ4n) is 2.15. The SMILES string of the molecule is Cc1noc([C@@H]2CCCN(S(=O)(=O)C(C)C)C2)n1. The predicted octanol–water partition coefficient (Wildman–Crippen LogP) is 1.30. The second-order valence-corrected chi connectivity index (χ2v) is 7.46.